The summed E-state index contributed by atoms with van der Waals surface area (Å²) in [6.07, 6.45) is -9.82. The van der Waals surface area contributed by atoms with Crippen molar-refractivity contribution in [1.29, 1.82) is 0 Å². The molecule has 1 aromatic heterocycles. The third-order valence-corrected chi connectivity index (χ3v) is 4.63. The summed E-state index contributed by atoms with van der Waals surface area (Å²) in [6, 6.07) is 5.72. The van der Waals surface area contributed by atoms with Gasteiger partial charge in [-0.2, -0.15) is 26.3 Å². The summed E-state index contributed by atoms with van der Waals surface area (Å²) in [6.45, 7) is -0.814. The van der Waals surface area contributed by atoms with Crippen LogP contribution in [0.3, 0.4) is 0 Å². The zero-order valence-corrected chi connectivity index (χ0v) is 15.7. The summed E-state index contributed by atoms with van der Waals surface area (Å²) in [5.41, 5.74) is -0.783. The number of aromatic nitrogens is 2. The molecule has 1 aliphatic rings. The Labute approximate surface area is 165 Å². The van der Waals surface area contributed by atoms with Gasteiger partial charge in [-0.25, -0.2) is 4.98 Å². The summed E-state index contributed by atoms with van der Waals surface area (Å²) in [7, 11) is 0. The molecule has 0 bridgehead atoms. The molecule has 0 saturated carbocycles. The molecule has 5 nitrogen and oxygen atoms in total. The fourth-order valence-corrected chi connectivity index (χ4v) is 3.04. The van der Waals surface area contributed by atoms with E-state index in [9.17, 15) is 31.1 Å². The Kier molecular flexibility index (Phi) is 5.46. The Hall–Kier alpha value is -2.43. The second kappa shape index (κ2) is 7.43. The van der Waals surface area contributed by atoms with Gasteiger partial charge in [0.25, 0.3) is 5.56 Å². The van der Waals surface area contributed by atoms with Gasteiger partial charge in [-0.3, -0.25) is 9.36 Å². The molecule has 0 aliphatic carbocycles. The van der Waals surface area contributed by atoms with Crippen molar-refractivity contribution in [2.24, 2.45) is 5.92 Å². The van der Waals surface area contributed by atoms with Gasteiger partial charge in [-0.05, 0) is 24.3 Å². The van der Waals surface area contributed by atoms with Crippen LogP contribution >= 0.6 is 11.6 Å². The first-order chi connectivity index (χ1) is 13.4. The average molecular weight is 441 g/mol. The molecule has 0 saturated heterocycles. The van der Waals surface area contributed by atoms with Crippen LogP contribution in [0.2, 0.25) is 5.02 Å². The van der Waals surface area contributed by atoms with Crippen molar-refractivity contribution in [2.45, 2.75) is 25.7 Å². The number of hydrogen-bond acceptors (Lipinski definition) is 4. The van der Waals surface area contributed by atoms with E-state index in [1.54, 1.807) is 0 Å². The monoisotopic (exact) mass is 440 g/mol. The number of nitrogens with one attached hydrogen (secondary N) is 1. The van der Waals surface area contributed by atoms with Crippen LogP contribution in [0.25, 0.3) is 5.69 Å². The predicted molar refractivity (Wildman–Crippen MR) is 95.7 cm³/mol. The number of nitrogens with zero attached hydrogens (tertiary/aromatic N) is 3. The van der Waals surface area contributed by atoms with Crippen LogP contribution in [-0.2, 0) is 6.42 Å². The molecule has 1 atom stereocenters. The fourth-order valence-electron chi connectivity index (χ4n) is 2.92. The standard InChI is InChI=1S/C17H15ClF6N4O/c1-9(17(22,23)24)6-12-26-14-13(25-8-27(14)7-16(19,20)21)15(29)28(12)11-4-2-10(18)3-5-11/h2-5,9,25H,6-8H2,1H3. The van der Waals surface area contributed by atoms with Gasteiger partial charge in [-0.1, -0.05) is 18.5 Å². The van der Waals surface area contributed by atoms with E-state index in [-0.39, 0.29) is 29.7 Å². The van der Waals surface area contributed by atoms with Gasteiger partial charge in [0.2, 0.25) is 0 Å². The van der Waals surface area contributed by atoms with Crippen LogP contribution < -0.4 is 15.8 Å². The summed E-state index contributed by atoms with van der Waals surface area (Å²) in [5, 5.41) is 2.90. The quantitative estimate of drug-likeness (QED) is 0.717. The maximum atomic E-state index is 13.1. The zero-order valence-electron chi connectivity index (χ0n) is 14.9. The molecular weight excluding hydrogens is 426 g/mol. The molecule has 1 aromatic carbocycles. The van der Waals surface area contributed by atoms with Gasteiger partial charge < -0.3 is 10.2 Å². The van der Waals surface area contributed by atoms with Crippen molar-refractivity contribution in [3.8, 4) is 5.69 Å². The minimum Gasteiger partial charge on any atom is -0.360 e. The largest absolute Gasteiger partial charge is 0.406 e. The number of hydrogen-bond donors (Lipinski definition) is 1. The second-order valence-electron chi connectivity index (χ2n) is 6.64. The molecule has 1 unspecified atom stereocenters. The van der Waals surface area contributed by atoms with Gasteiger partial charge in [0.1, 0.15) is 18.1 Å². The van der Waals surface area contributed by atoms with Crippen molar-refractivity contribution in [1.82, 2.24) is 9.55 Å². The SMILES string of the molecule is CC(Cc1nc2c(c(=O)n1-c1ccc(Cl)cc1)NCN2CC(F)(F)F)C(F)(F)F. The number of alkyl halides is 6. The van der Waals surface area contributed by atoms with Crippen molar-refractivity contribution in [2.75, 3.05) is 23.4 Å². The maximum Gasteiger partial charge on any atom is 0.406 e. The van der Waals surface area contributed by atoms with Crippen LogP contribution in [0.15, 0.2) is 29.1 Å². The number of anilines is 2. The maximum absolute atomic E-state index is 13.1. The first kappa shape index (κ1) is 21.3. The van der Waals surface area contributed by atoms with Crippen LogP contribution in [0.1, 0.15) is 12.7 Å². The zero-order chi connectivity index (χ0) is 21.6. The molecule has 1 aliphatic heterocycles. The molecule has 1 N–H and O–H groups in total. The highest BCUT2D eigenvalue weighted by molar-refractivity contribution is 6.30. The topological polar surface area (TPSA) is 50.2 Å². The first-order valence-corrected chi connectivity index (χ1v) is 8.79. The summed E-state index contributed by atoms with van der Waals surface area (Å²) < 4.78 is 78.7. The first-order valence-electron chi connectivity index (χ1n) is 8.41. The van der Waals surface area contributed by atoms with E-state index in [1.807, 2.05) is 0 Å². The van der Waals surface area contributed by atoms with E-state index < -0.39 is 36.8 Å². The van der Waals surface area contributed by atoms with Crippen molar-refractivity contribution in [3.63, 3.8) is 0 Å². The normalized spacial score (nSPS) is 15.2. The predicted octanol–water partition coefficient (Wildman–Crippen LogP) is 4.38. The van der Waals surface area contributed by atoms with Crippen LogP contribution in [0.4, 0.5) is 37.8 Å². The molecule has 12 heteroatoms. The molecule has 158 valence electrons. The molecular formula is C17H15ClF6N4O. The van der Waals surface area contributed by atoms with E-state index in [1.165, 1.54) is 24.3 Å². The highest BCUT2D eigenvalue weighted by Crippen LogP contribution is 2.33. The molecule has 3 rings (SSSR count). The van der Waals surface area contributed by atoms with Crippen LogP contribution in [-0.4, -0.2) is 35.1 Å². The average Bonchev–Trinajstić information content (AvgIpc) is 2.97. The van der Waals surface area contributed by atoms with Gasteiger partial charge >= 0.3 is 12.4 Å². The van der Waals surface area contributed by atoms with E-state index in [0.717, 1.165) is 16.4 Å². The molecule has 0 amide bonds. The van der Waals surface area contributed by atoms with Crippen LogP contribution in [0, 0.1) is 5.92 Å². The molecule has 0 fully saturated rings. The lowest BCUT2D eigenvalue weighted by atomic mass is 10.1. The summed E-state index contributed by atoms with van der Waals surface area (Å²) in [5.74, 6) is -2.48. The Morgan fingerprint density at radius 1 is 1.17 bits per heavy atom. The summed E-state index contributed by atoms with van der Waals surface area (Å²) >= 11 is 5.82. The lowest BCUT2D eigenvalue weighted by Crippen LogP contribution is -2.35. The van der Waals surface area contributed by atoms with Gasteiger partial charge in [0, 0.05) is 11.4 Å². The van der Waals surface area contributed by atoms with Crippen molar-refractivity contribution < 1.29 is 26.3 Å². The Balaban J connectivity index is 2.15. The fraction of sp³-hybridized carbons (Fsp3) is 0.412. The van der Waals surface area contributed by atoms with Crippen molar-refractivity contribution in [3.05, 3.63) is 45.5 Å². The van der Waals surface area contributed by atoms with E-state index in [4.69, 9.17) is 11.6 Å². The molecule has 2 aromatic rings. The summed E-state index contributed by atoms with van der Waals surface area (Å²) in [4.78, 5) is 17.7. The van der Waals surface area contributed by atoms with E-state index in [2.05, 4.69) is 10.3 Å². The minimum absolute atomic E-state index is 0.201. The lowest BCUT2D eigenvalue weighted by Gasteiger charge is -2.22. The molecule has 0 spiro atoms. The van der Waals surface area contributed by atoms with Gasteiger partial charge in [0.15, 0.2) is 5.82 Å². The van der Waals surface area contributed by atoms with Crippen molar-refractivity contribution >= 4 is 23.1 Å². The smallest absolute Gasteiger partial charge is 0.360 e. The number of fused-ring (bicyclic) bond motifs is 1. The molecule has 29 heavy (non-hydrogen) atoms. The lowest BCUT2D eigenvalue weighted by molar-refractivity contribution is -0.169. The van der Waals surface area contributed by atoms with Crippen LogP contribution in [0.5, 0.6) is 0 Å². The van der Waals surface area contributed by atoms with Gasteiger partial charge in [-0.15, -0.1) is 0 Å². The van der Waals surface area contributed by atoms with E-state index in [0.29, 0.717) is 5.02 Å². The number of benzene rings is 1. The second-order valence-corrected chi connectivity index (χ2v) is 7.07. The Bertz CT molecular complexity index is 955. The number of halogens is 7. The third-order valence-electron chi connectivity index (χ3n) is 4.38. The third kappa shape index (κ3) is 4.60. The molecule has 0 radical (unpaired) electrons. The minimum atomic E-state index is -4.57. The number of rotatable bonds is 4. The Morgan fingerprint density at radius 3 is 2.34 bits per heavy atom. The Morgan fingerprint density at radius 2 is 1.79 bits per heavy atom. The van der Waals surface area contributed by atoms with E-state index >= 15 is 0 Å². The van der Waals surface area contributed by atoms with Gasteiger partial charge in [0.05, 0.1) is 18.3 Å². The highest BCUT2D eigenvalue weighted by atomic mass is 35.5. The highest BCUT2D eigenvalue weighted by Gasteiger charge is 2.39. The molecule has 2 heterocycles.